The average molecular weight is 324 g/mol. The molecule has 1 atom stereocenters. The Morgan fingerprint density at radius 1 is 1.26 bits per heavy atom. The Balaban J connectivity index is 2.36. The maximum atomic E-state index is 12.5. The largest absolute Gasteiger partial charge is 0.389 e. The van der Waals surface area contributed by atoms with Crippen molar-refractivity contribution in [1.29, 1.82) is 0 Å². The highest BCUT2D eigenvalue weighted by Crippen LogP contribution is 2.29. The molecule has 1 heterocycles. The van der Waals surface area contributed by atoms with Crippen molar-refractivity contribution in [3.05, 3.63) is 28.2 Å². The van der Waals surface area contributed by atoms with E-state index in [2.05, 4.69) is 0 Å². The van der Waals surface area contributed by atoms with E-state index in [1.807, 2.05) is 0 Å². The van der Waals surface area contributed by atoms with Gasteiger partial charge in [-0.1, -0.05) is 23.2 Å². The summed E-state index contributed by atoms with van der Waals surface area (Å²) >= 11 is 11.7. The summed E-state index contributed by atoms with van der Waals surface area (Å²) < 4.78 is 26.2. The number of hydrogen-bond acceptors (Lipinski definition) is 3. The minimum atomic E-state index is -3.67. The minimum absolute atomic E-state index is 0.0581. The van der Waals surface area contributed by atoms with Gasteiger partial charge < -0.3 is 5.11 Å². The van der Waals surface area contributed by atoms with Crippen molar-refractivity contribution in [2.75, 3.05) is 13.1 Å². The SMILES string of the molecule is CC1(O)CCCN(S(=O)(=O)c2cc(Cl)cc(Cl)c2)C1. The zero-order valence-corrected chi connectivity index (χ0v) is 12.8. The molecule has 0 radical (unpaired) electrons. The molecule has 1 N–H and O–H groups in total. The lowest BCUT2D eigenvalue weighted by atomic mass is 9.97. The number of aliphatic hydroxyl groups is 1. The lowest BCUT2D eigenvalue weighted by Gasteiger charge is -2.35. The van der Waals surface area contributed by atoms with Crippen molar-refractivity contribution in [3.8, 4) is 0 Å². The van der Waals surface area contributed by atoms with Crippen molar-refractivity contribution in [2.45, 2.75) is 30.3 Å². The van der Waals surface area contributed by atoms with Gasteiger partial charge in [-0.05, 0) is 38.0 Å². The molecule has 0 bridgehead atoms. The van der Waals surface area contributed by atoms with Gasteiger partial charge in [0.15, 0.2) is 0 Å². The summed E-state index contributed by atoms with van der Waals surface area (Å²) in [5.74, 6) is 0. The molecular formula is C12H15Cl2NO3S. The summed E-state index contributed by atoms with van der Waals surface area (Å²) in [7, 11) is -3.67. The number of hydrogen-bond donors (Lipinski definition) is 1. The maximum absolute atomic E-state index is 12.5. The molecule has 1 fully saturated rings. The molecule has 4 nitrogen and oxygen atoms in total. The van der Waals surface area contributed by atoms with Crippen LogP contribution in [0, 0.1) is 0 Å². The molecule has 0 aromatic heterocycles. The molecule has 0 saturated carbocycles. The minimum Gasteiger partial charge on any atom is -0.389 e. The van der Waals surface area contributed by atoms with Crippen molar-refractivity contribution in [3.63, 3.8) is 0 Å². The van der Waals surface area contributed by atoms with Gasteiger partial charge in [0, 0.05) is 23.1 Å². The summed E-state index contributed by atoms with van der Waals surface area (Å²) in [6.45, 7) is 2.11. The maximum Gasteiger partial charge on any atom is 0.243 e. The van der Waals surface area contributed by atoms with Crippen LogP contribution in [0.1, 0.15) is 19.8 Å². The second-order valence-corrected chi connectivity index (χ2v) is 7.86. The van der Waals surface area contributed by atoms with Gasteiger partial charge in [-0.25, -0.2) is 8.42 Å². The number of β-amino-alcohol motifs (C(OH)–C–C–N with tert-alkyl or cyclic N) is 1. The summed E-state index contributed by atoms with van der Waals surface area (Å²) in [5, 5.41) is 10.6. The monoisotopic (exact) mass is 323 g/mol. The first-order valence-electron chi connectivity index (χ1n) is 5.89. The van der Waals surface area contributed by atoms with Crippen molar-refractivity contribution >= 4 is 33.2 Å². The van der Waals surface area contributed by atoms with E-state index in [1.165, 1.54) is 22.5 Å². The Hall–Kier alpha value is -0.330. The van der Waals surface area contributed by atoms with Gasteiger partial charge in [0.25, 0.3) is 0 Å². The first-order valence-corrected chi connectivity index (χ1v) is 8.09. The van der Waals surface area contributed by atoms with Crippen LogP contribution in [0.4, 0.5) is 0 Å². The Bertz CT molecular complexity index is 566. The molecule has 0 aliphatic carbocycles. The predicted molar refractivity (Wildman–Crippen MR) is 75.1 cm³/mol. The number of rotatable bonds is 2. The van der Waals surface area contributed by atoms with Crippen LogP contribution >= 0.6 is 23.2 Å². The third-order valence-electron chi connectivity index (χ3n) is 3.11. The van der Waals surface area contributed by atoms with E-state index in [0.29, 0.717) is 19.4 Å². The van der Waals surface area contributed by atoms with Gasteiger partial charge in [-0.2, -0.15) is 4.31 Å². The molecule has 1 aromatic carbocycles. The van der Waals surface area contributed by atoms with E-state index in [4.69, 9.17) is 23.2 Å². The zero-order chi connectivity index (χ0) is 14.3. The van der Waals surface area contributed by atoms with Crippen LogP contribution in [0.25, 0.3) is 0 Å². The second-order valence-electron chi connectivity index (χ2n) is 5.04. The number of nitrogens with zero attached hydrogens (tertiary/aromatic N) is 1. The first-order chi connectivity index (χ1) is 8.71. The van der Waals surface area contributed by atoms with Crippen molar-refractivity contribution in [1.82, 2.24) is 4.31 Å². The molecule has 1 aliphatic heterocycles. The fourth-order valence-corrected chi connectivity index (χ4v) is 4.53. The molecule has 2 rings (SSSR count). The van der Waals surface area contributed by atoms with E-state index in [-0.39, 0.29) is 21.5 Å². The summed E-state index contributed by atoms with van der Waals surface area (Å²) in [4.78, 5) is 0.0581. The quantitative estimate of drug-likeness (QED) is 0.909. The highest BCUT2D eigenvalue weighted by molar-refractivity contribution is 7.89. The van der Waals surface area contributed by atoms with Gasteiger partial charge in [-0.3, -0.25) is 0 Å². The fourth-order valence-electron chi connectivity index (χ4n) is 2.21. The highest BCUT2D eigenvalue weighted by atomic mass is 35.5. The molecule has 1 aromatic rings. The summed E-state index contributed by atoms with van der Waals surface area (Å²) in [6, 6.07) is 4.21. The van der Waals surface area contributed by atoms with Crippen molar-refractivity contribution < 1.29 is 13.5 Å². The van der Waals surface area contributed by atoms with Crippen molar-refractivity contribution in [2.24, 2.45) is 0 Å². The van der Waals surface area contributed by atoms with E-state index in [0.717, 1.165) is 0 Å². The molecule has 106 valence electrons. The molecule has 1 saturated heterocycles. The van der Waals surface area contributed by atoms with Gasteiger partial charge in [0.2, 0.25) is 10.0 Å². The lowest BCUT2D eigenvalue weighted by molar-refractivity contribution is 0.00940. The van der Waals surface area contributed by atoms with E-state index >= 15 is 0 Å². The molecule has 0 amide bonds. The molecule has 0 spiro atoms. The van der Waals surface area contributed by atoms with Crippen LogP contribution in [0.2, 0.25) is 10.0 Å². The third kappa shape index (κ3) is 3.41. The van der Waals surface area contributed by atoms with E-state index in [9.17, 15) is 13.5 Å². The summed E-state index contributed by atoms with van der Waals surface area (Å²) in [6.07, 6.45) is 1.22. The second kappa shape index (κ2) is 5.22. The number of benzene rings is 1. The number of piperidine rings is 1. The molecular weight excluding hydrogens is 309 g/mol. The van der Waals surface area contributed by atoms with E-state index in [1.54, 1.807) is 6.92 Å². The Labute approximate surface area is 123 Å². The smallest absolute Gasteiger partial charge is 0.243 e. The number of sulfonamides is 1. The average Bonchev–Trinajstić information content (AvgIpc) is 2.26. The molecule has 1 aliphatic rings. The molecule has 19 heavy (non-hydrogen) atoms. The fraction of sp³-hybridized carbons (Fsp3) is 0.500. The Morgan fingerprint density at radius 2 is 1.84 bits per heavy atom. The summed E-state index contributed by atoms with van der Waals surface area (Å²) in [5.41, 5.74) is -0.992. The van der Waals surface area contributed by atoms with Crippen LogP contribution in [0.5, 0.6) is 0 Å². The molecule has 7 heteroatoms. The Morgan fingerprint density at radius 3 is 2.37 bits per heavy atom. The van der Waals surface area contributed by atoms with Gasteiger partial charge in [0.1, 0.15) is 0 Å². The first kappa shape index (κ1) is 15.1. The third-order valence-corrected chi connectivity index (χ3v) is 5.37. The van der Waals surface area contributed by atoms with Crippen LogP contribution < -0.4 is 0 Å². The topological polar surface area (TPSA) is 57.6 Å². The zero-order valence-electron chi connectivity index (χ0n) is 10.4. The van der Waals surface area contributed by atoms with Gasteiger partial charge in [0.05, 0.1) is 10.5 Å². The van der Waals surface area contributed by atoms with Crippen LogP contribution in [0.15, 0.2) is 23.1 Å². The highest BCUT2D eigenvalue weighted by Gasteiger charge is 2.35. The standard InChI is InChI=1S/C12H15Cl2NO3S/c1-12(16)3-2-4-15(8-12)19(17,18)11-6-9(13)5-10(14)7-11/h5-7,16H,2-4,8H2,1H3. The van der Waals surface area contributed by atoms with Crippen LogP contribution in [0.3, 0.4) is 0 Å². The normalized spacial score (nSPS) is 25.5. The molecule has 1 unspecified atom stereocenters. The van der Waals surface area contributed by atoms with Gasteiger partial charge >= 0.3 is 0 Å². The lowest BCUT2D eigenvalue weighted by Crippen LogP contribution is -2.48. The predicted octanol–water partition coefficient (Wildman–Crippen LogP) is 2.53. The van der Waals surface area contributed by atoms with Crippen LogP contribution in [-0.4, -0.2) is 36.5 Å². The number of halogens is 2. The van der Waals surface area contributed by atoms with E-state index < -0.39 is 15.6 Å². The van der Waals surface area contributed by atoms with Crippen LogP contribution in [-0.2, 0) is 10.0 Å². The van der Waals surface area contributed by atoms with Gasteiger partial charge in [-0.15, -0.1) is 0 Å². The Kier molecular flexibility index (Phi) is 4.14.